The van der Waals surface area contributed by atoms with Gasteiger partial charge in [-0.3, -0.25) is 19.5 Å². The van der Waals surface area contributed by atoms with Crippen molar-refractivity contribution in [3.63, 3.8) is 0 Å². The highest BCUT2D eigenvalue weighted by Crippen LogP contribution is 2.43. The first kappa shape index (κ1) is 21.5. The van der Waals surface area contributed by atoms with E-state index in [4.69, 9.17) is 4.74 Å². The van der Waals surface area contributed by atoms with E-state index in [9.17, 15) is 18.9 Å². The Morgan fingerprint density at radius 1 is 1.10 bits per heavy atom. The normalized spacial score (nSPS) is 18.2. The van der Waals surface area contributed by atoms with Crippen LogP contribution in [0.4, 0.5) is 21.9 Å². The first-order valence-electron chi connectivity index (χ1n) is 10.3. The number of fused-ring (bicyclic) bond motifs is 2. The number of morpholine rings is 1. The van der Waals surface area contributed by atoms with Gasteiger partial charge in [0.15, 0.2) is 0 Å². The molecule has 2 aromatic rings. The molecule has 0 spiro atoms. The van der Waals surface area contributed by atoms with E-state index in [1.54, 1.807) is 48.2 Å². The zero-order valence-corrected chi connectivity index (χ0v) is 18.1. The molecule has 0 aliphatic carbocycles. The van der Waals surface area contributed by atoms with Crippen LogP contribution in [0.15, 0.2) is 52.3 Å². The number of carbonyl (C=O) groups is 2. The van der Waals surface area contributed by atoms with Gasteiger partial charge in [-0.1, -0.05) is 12.1 Å². The van der Waals surface area contributed by atoms with Crippen molar-refractivity contribution in [1.29, 1.82) is 0 Å². The van der Waals surface area contributed by atoms with Gasteiger partial charge in [0.05, 0.1) is 45.2 Å². The molecule has 2 aliphatic rings. The lowest BCUT2D eigenvalue weighted by Crippen LogP contribution is -2.39. The van der Waals surface area contributed by atoms with Crippen LogP contribution < -0.4 is 9.80 Å². The molecule has 4 rings (SSSR count). The van der Waals surface area contributed by atoms with E-state index in [1.807, 2.05) is 6.07 Å². The van der Waals surface area contributed by atoms with Crippen molar-refractivity contribution < 1.29 is 23.6 Å². The lowest BCUT2D eigenvalue weighted by Gasteiger charge is -2.33. The minimum Gasteiger partial charge on any atom is -0.465 e. The van der Waals surface area contributed by atoms with Crippen LogP contribution >= 0.6 is 0 Å². The molecule has 31 heavy (non-hydrogen) atoms. The second-order valence-corrected chi connectivity index (χ2v) is 8.77. The molecule has 0 saturated carbocycles. The van der Waals surface area contributed by atoms with Crippen molar-refractivity contribution in [2.45, 2.75) is 23.1 Å². The van der Waals surface area contributed by atoms with Crippen LogP contribution in [0.25, 0.3) is 0 Å². The summed E-state index contributed by atoms with van der Waals surface area (Å²) in [5.74, 6) is -0.118. The van der Waals surface area contributed by atoms with Gasteiger partial charge in [-0.2, -0.15) is 0 Å². The molecule has 1 unspecified atom stereocenters. The average molecular weight is 444 g/mol. The van der Waals surface area contributed by atoms with Crippen molar-refractivity contribution in [2.75, 3.05) is 49.2 Å². The first-order chi connectivity index (χ1) is 15.0. The quantitative estimate of drug-likeness (QED) is 0.764. The first-order valence-corrected chi connectivity index (χ1v) is 11.4. The summed E-state index contributed by atoms with van der Waals surface area (Å²) in [6, 6.07) is 12.1. The van der Waals surface area contributed by atoms with Crippen molar-refractivity contribution in [3.8, 4) is 0 Å². The molecule has 164 valence electrons. The number of nitrogens with zero attached hydrogens (tertiary/aromatic N) is 3. The van der Waals surface area contributed by atoms with E-state index in [0.717, 1.165) is 13.1 Å². The van der Waals surface area contributed by atoms with Crippen molar-refractivity contribution in [1.82, 2.24) is 4.90 Å². The molecule has 2 amide bonds. The third-order valence-electron chi connectivity index (χ3n) is 5.54. The van der Waals surface area contributed by atoms with Gasteiger partial charge in [0.2, 0.25) is 5.91 Å². The van der Waals surface area contributed by atoms with Crippen molar-refractivity contribution in [2.24, 2.45) is 0 Å². The van der Waals surface area contributed by atoms with E-state index in [-0.39, 0.29) is 12.5 Å². The number of ether oxygens (including phenoxy) is 1. The molecule has 1 fully saturated rings. The largest absolute Gasteiger partial charge is 0.465 e. The summed E-state index contributed by atoms with van der Waals surface area (Å²) in [5.41, 5.74) is 1.49. The van der Waals surface area contributed by atoms with Crippen LogP contribution in [0, 0.1) is 0 Å². The number of hydrogen-bond acceptors (Lipinski definition) is 5. The monoisotopic (exact) mass is 443 g/mol. The number of rotatable bonds is 5. The lowest BCUT2D eigenvalue weighted by molar-refractivity contribution is -0.118. The van der Waals surface area contributed by atoms with E-state index in [0.29, 0.717) is 53.0 Å². The smallest absolute Gasteiger partial charge is 0.411 e. The Morgan fingerprint density at radius 3 is 2.52 bits per heavy atom. The highest BCUT2D eigenvalue weighted by molar-refractivity contribution is 7.85. The Bertz CT molecular complexity index is 1020. The standard InChI is InChI=1S/C22H25N3O5S/c1-2-24(22(27)28)16-7-8-20-18(15-16)25(17-5-3-4-6-19(17)31(20)29)21(26)9-10-23-11-13-30-14-12-23/h3-8,15H,2,9-14H2,1H3,(H,27,28). The molecule has 9 heteroatoms. The van der Waals surface area contributed by atoms with Gasteiger partial charge in [0.1, 0.15) is 0 Å². The Labute approximate surface area is 183 Å². The van der Waals surface area contributed by atoms with Crippen LogP contribution in [-0.2, 0) is 20.3 Å². The summed E-state index contributed by atoms with van der Waals surface area (Å²) in [7, 11) is -1.46. The van der Waals surface area contributed by atoms with Crippen molar-refractivity contribution >= 4 is 39.9 Å². The molecule has 2 heterocycles. The third kappa shape index (κ3) is 4.21. The minimum absolute atomic E-state index is 0.118. The zero-order valence-electron chi connectivity index (χ0n) is 17.3. The van der Waals surface area contributed by atoms with Gasteiger partial charge in [-0.15, -0.1) is 0 Å². The fraction of sp³-hybridized carbons (Fsp3) is 0.364. The summed E-state index contributed by atoms with van der Waals surface area (Å²) in [4.78, 5) is 31.1. The molecule has 1 saturated heterocycles. The Balaban J connectivity index is 1.71. The number of benzene rings is 2. The highest BCUT2D eigenvalue weighted by atomic mass is 32.2. The van der Waals surface area contributed by atoms with E-state index >= 15 is 0 Å². The van der Waals surface area contributed by atoms with Gasteiger partial charge < -0.3 is 9.84 Å². The molecular formula is C22H25N3O5S. The SMILES string of the molecule is CCN(C(=O)O)c1ccc2c(c1)N(C(=O)CCN1CCOCC1)c1ccccc1S2=O. The van der Waals surface area contributed by atoms with E-state index in [2.05, 4.69) is 4.90 Å². The summed E-state index contributed by atoms with van der Waals surface area (Å²) in [5, 5.41) is 9.51. The van der Waals surface area contributed by atoms with Crippen LogP contribution in [0.5, 0.6) is 0 Å². The summed E-state index contributed by atoms with van der Waals surface area (Å²) < 4.78 is 18.6. The number of carboxylic acid groups (broad SMARTS) is 1. The van der Waals surface area contributed by atoms with Gasteiger partial charge in [-0.05, 0) is 37.3 Å². The number of hydrogen-bond donors (Lipinski definition) is 1. The molecule has 1 N–H and O–H groups in total. The third-order valence-corrected chi connectivity index (χ3v) is 7.03. The van der Waals surface area contributed by atoms with E-state index in [1.165, 1.54) is 4.90 Å². The van der Waals surface area contributed by atoms with Crippen molar-refractivity contribution in [3.05, 3.63) is 42.5 Å². The number of para-hydroxylation sites is 1. The summed E-state index contributed by atoms with van der Waals surface area (Å²) in [6.45, 7) is 5.51. The molecule has 0 bridgehead atoms. The average Bonchev–Trinajstić information content (AvgIpc) is 2.79. The van der Waals surface area contributed by atoms with E-state index < -0.39 is 16.9 Å². The topological polar surface area (TPSA) is 90.4 Å². The van der Waals surface area contributed by atoms with Crippen LogP contribution in [0.3, 0.4) is 0 Å². The van der Waals surface area contributed by atoms with Crippen LogP contribution in [0.2, 0.25) is 0 Å². The Kier molecular flexibility index (Phi) is 6.35. The molecule has 0 radical (unpaired) electrons. The Hall–Kier alpha value is -2.75. The maximum Gasteiger partial charge on any atom is 0.411 e. The van der Waals surface area contributed by atoms with Gasteiger partial charge in [-0.25, -0.2) is 9.00 Å². The highest BCUT2D eigenvalue weighted by Gasteiger charge is 2.33. The predicted octanol–water partition coefficient (Wildman–Crippen LogP) is 3.06. The molecule has 2 aromatic carbocycles. The second-order valence-electron chi connectivity index (χ2n) is 7.35. The maximum absolute atomic E-state index is 13.4. The lowest BCUT2D eigenvalue weighted by atomic mass is 10.1. The number of amides is 2. The Morgan fingerprint density at radius 2 is 1.81 bits per heavy atom. The minimum atomic E-state index is -1.46. The van der Waals surface area contributed by atoms with Gasteiger partial charge >= 0.3 is 6.09 Å². The van der Waals surface area contributed by atoms with Crippen LogP contribution in [-0.4, -0.2) is 65.6 Å². The summed E-state index contributed by atoms with van der Waals surface area (Å²) >= 11 is 0. The number of carbonyl (C=O) groups excluding carboxylic acids is 1. The summed E-state index contributed by atoms with van der Waals surface area (Å²) in [6.07, 6.45) is -0.786. The predicted molar refractivity (Wildman–Crippen MR) is 118 cm³/mol. The van der Waals surface area contributed by atoms with Gasteiger partial charge in [0, 0.05) is 38.3 Å². The van der Waals surface area contributed by atoms with Crippen LogP contribution in [0.1, 0.15) is 13.3 Å². The molecule has 2 aliphatic heterocycles. The molecule has 0 aromatic heterocycles. The molecular weight excluding hydrogens is 418 g/mol. The second kappa shape index (κ2) is 9.17. The number of anilines is 3. The molecule has 1 atom stereocenters. The van der Waals surface area contributed by atoms with Gasteiger partial charge in [0.25, 0.3) is 0 Å². The molecule has 8 nitrogen and oxygen atoms in total. The fourth-order valence-corrected chi connectivity index (χ4v) is 5.26. The maximum atomic E-state index is 13.4. The fourth-order valence-electron chi connectivity index (χ4n) is 3.94. The zero-order chi connectivity index (χ0) is 22.0.